The lowest BCUT2D eigenvalue weighted by molar-refractivity contribution is -0.121. The summed E-state index contributed by atoms with van der Waals surface area (Å²) in [5, 5.41) is 14.9. The molecule has 6 nitrogen and oxygen atoms in total. The van der Waals surface area contributed by atoms with Crippen molar-refractivity contribution in [2.45, 2.75) is 19.9 Å². The Morgan fingerprint density at radius 1 is 1.50 bits per heavy atom. The van der Waals surface area contributed by atoms with Crippen LogP contribution in [0.5, 0.6) is 0 Å². The molecule has 1 aromatic heterocycles. The van der Waals surface area contributed by atoms with Crippen LogP contribution in [0.1, 0.15) is 23.4 Å². The van der Waals surface area contributed by atoms with E-state index in [1.54, 1.807) is 7.11 Å². The fourth-order valence-corrected chi connectivity index (χ4v) is 1.85. The van der Waals surface area contributed by atoms with Crippen LogP contribution in [0.2, 0.25) is 0 Å². The molecule has 0 saturated carbocycles. The minimum Gasteiger partial charge on any atom is -0.383 e. The molecule has 0 aromatic carbocycles. The van der Waals surface area contributed by atoms with Gasteiger partial charge in [-0.05, 0) is 18.6 Å². The van der Waals surface area contributed by atoms with E-state index in [4.69, 9.17) is 10.00 Å². The molecule has 0 radical (unpaired) electrons. The summed E-state index contributed by atoms with van der Waals surface area (Å²) in [6.07, 6.45) is 0.431. The summed E-state index contributed by atoms with van der Waals surface area (Å²) in [6.45, 7) is 4.31. The largest absolute Gasteiger partial charge is 0.383 e. The minimum atomic E-state index is 0.0112. The second-order valence-corrected chi connectivity index (χ2v) is 4.58. The van der Waals surface area contributed by atoms with Crippen LogP contribution in [0.15, 0.2) is 6.07 Å². The first-order chi connectivity index (χ1) is 9.60. The zero-order chi connectivity index (χ0) is 15.0. The topological polar surface area (TPSA) is 79.1 Å². The van der Waals surface area contributed by atoms with Gasteiger partial charge in [0.1, 0.15) is 11.8 Å². The molecule has 20 heavy (non-hydrogen) atoms. The predicted octanol–water partition coefficient (Wildman–Crippen LogP) is 0.448. The van der Waals surface area contributed by atoms with E-state index in [0.717, 1.165) is 11.3 Å². The van der Waals surface area contributed by atoms with Crippen molar-refractivity contribution in [2.75, 3.05) is 26.8 Å². The van der Waals surface area contributed by atoms with Crippen LogP contribution >= 0.6 is 0 Å². The number of carbonyl (C=O) groups excluding carboxylic acids is 1. The maximum absolute atomic E-state index is 11.4. The van der Waals surface area contributed by atoms with Gasteiger partial charge in [-0.2, -0.15) is 5.26 Å². The second-order valence-electron chi connectivity index (χ2n) is 4.58. The predicted molar refractivity (Wildman–Crippen MR) is 76.1 cm³/mol. The number of ether oxygens (including phenoxy) is 1. The van der Waals surface area contributed by atoms with Gasteiger partial charge in [0.15, 0.2) is 0 Å². The van der Waals surface area contributed by atoms with Gasteiger partial charge >= 0.3 is 0 Å². The monoisotopic (exact) mass is 278 g/mol. The molecule has 0 aliphatic carbocycles. The van der Waals surface area contributed by atoms with Crippen molar-refractivity contribution in [1.29, 1.82) is 5.26 Å². The minimum absolute atomic E-state index is 0.0112. The van der Waals surface area contributed by atoms with Crippen molar-refractivity contribution in [3.63, 3.8) is 0 Å². The van der Waals surface area contributed by atoms with Crippen molar-refractivity contribution < 1.29 is 9.53 Å². The van der Waals surface area contributed by atoms with E-state index in [2.05, 4.69) is 16.7 Å². The van der Waals surface area contributed by atoms with Crippen LogP contribution in [0, 0.1) is 18.3 Å². The normalized spacial score (nSPS) is 10.3. The molecule has 1 aromatic rings. The summed E-state index contributed by atoms with van der Waals surface area (Å²) >= 11 is 0. The van der Waals surface area contributed by atoms with Gasteiger partial charge in [0.05, 0.1) is 6.61 Å². The summed E-state index contributed by atoms with van der Waals surface area (Å²) < 4.78 is 6.72. The average molecular weight is 278 g/mol. The van der Waals surface area contributed by atoms with Gasteiger partial charge in [-0.25, -0.2) is 0 Å². The molecule has 6 heteroatoms. The fraction of sp³-hybridized carbons (Fsp3) is 0.571. The molecular weight excluding hydrogens is 256 g/mol. The van der Waals surface area contributed by atoms with E-state index in [0.29, 0.717) is 38.4 Å². The van der Waals surface area contributed by atoms with Gasteiger partial charge in [-0.15, -0.1) is 0 Å². The summed E-state index contributed by atoms with van der Waals surface area (Å²) in [6, 6.07) is 4.03. The number of nitrogens with zero attached hydrogens (tertiary/aromatic N) is 2. The molecule has 0 spiro atoms. The van der Waals surface area contributed by atoms with Crippen molar-refractivity contribution in [3.8, 4) is 6.07 Å². The number of hydrogen-bond donors (Lipinski definition) is 2. The van der Waals surface area contributed by atoms with E-state index >= 15 is 0 Å². The summed E-state index contributed by atoms with van der Waals surface area (Å²) in [7, 11) is 3.48. The Labute approximate surface area is 119 Å². The van der Waals surface area contributed by atoms with Gasteiger partial charge in [0, 0.05) is 45.9 Å². The Balaban J connectivity index is 2.28. The van der Waals surface area contributed by atoms with Gasteiger partial charge in [0.2, 0.25) is 5.91 Å². The molecule has 1 heterocycles. The zero-order valence-corrected chi connectivity index (χ0v) is 12.3. The number of nitriles is 1. The summed E-state index contributed by atoms with van der Waals surface area (Å²) in [5.41, 5.74) is 2.80. The number of nitrogens with one attached hydrogen (secondary N) is 2. The maximum Gasteiger partial charge on any atom is 0.221 e. The number of amides is 1. The summed E-state index contributed by atoms with van der Waals surface area (Å²) in [5.74, 6) is 0.0112. The Hall–Kier alpha value is -1.84. The lowest BCUT2D eigenvalue weighted by Gasteiger charge is -2.06. The Morgan fingerprint density at radius 3 is 2.85 bits per heavy atom. The first kappa shape index (κ1) is 16.2. The Bertz CT molecular complexity index is 488. The van der Waals surface area contributed by atoms with Crippen molar-refractivity contribution in [1.82, 2.24) is 15.2 Å². The first-order valence-corrected chi connectivity index (χ1v) is 6.61. The van der Waals surface area contributed by atoms with Crippen LogP contribution < -0.4 is 10.6 Å². The van der Waals surface area contributed by atoms with E-state index < -0.39 is 0 Å². The third-order valence-corrected chi connectivity index (χ3v) is 3.23. The molecule has 1 rings (SSSR count). The highest BCUT2D eigenvalue weighted by molar-refractivity contribution is 5.76. The first-order valence-electron chi connectivity index (χ1n) is 6.61. The van der Waals surface area contributed by atoms with E-state index in [1.165, 1.54) is 0 Å². The molecule has 1 amide bonds. The third kappa shape index (κ3) is 4.68. The SMILES string of the molecule is COCCNC(=O)CCNCc1cc(C#N)n(C)c1C. The standard InChI is InChI=1S/C14H22N4O2/c1-11-12(8-13(9-15)18(11)2)10-16-5-4-14(19)17-6-7-20-3/h8,16H,4-7,10H2,1-3H3,(H,17,19). The maximum atomic E-state index is 11.4. The average Bonchev–Trinajstić information content (AvgIpc) is 2.71. The zero-order valence-electron chi connectivity index (χ0n) is 12.3. The Kier molecular flexibility index (Phi) is 6.77. The molecule has 0 saturated heterocycles. The summed E-state index contributed by atoms with van der Waals surface area (Å²) in [4.78, 5) is 11.4. The number of carbonyl (C=O) groups is 1. The highest BCUT2D eigenvalue weighted by atomic mass is 16.5. The van der Waals surface area contributed by atoms with Crippen LogP contribution in [-0.2, 0) is 23.1 Å². The molecule has 0 unspecified atom stereocenters. The van der Waals surface area contributed by atoms with Crippen LogP contribution in [0.4, 0.5) is 0 Å². The van der Waals surface area contributed by atoms with Gasteiger partial charge in [0.25, 0.3) is 0 Å². The van der Waals surface area contributed by atoms with Crippen molar-refractivity contribution in [3.05, 3.63) is 23.0 Å². The van der Waals surface area contributed by atoms with Gasteiger partial charge in [-0.3, -0.25) is 4.79 Å². The highest BCUT2D eigenvalue weighted by Gasteiger charge is 2.08. The molecule has 110 valence electrons. The lowest BCUT2D eigenvalue weighted by atomic mass is 10.2. The van der Waals surface area contributed by atoms with Gasteiger partial charge in [-0.1, -0.05) is 0 Å². The molecule has 0 aliphatic rings. The third-order valence-electron chi connectivity index (χ3n) is 3.23. The number of methoxy groups -OCH3 is 1. The number of aromatic nitrogens is 1. The smallest absolute Gasteiger partial charge is 0.221 e. The van der Waals surface area contributed by atoms with E-state index in [1.807, 2.05) is 24.6 Å². The molecule has 0 aliphatic heterocycles. The number of hydrogen-bond acceptors (Lipinski definition) is 4. The second kappa shape index (κ2) is 8.35. The van der Waals surface area contributed by atoms with Crippen molar-refractivity contribution in [2.24, 2.45) is 7.05 Å². The Morgan fingerprint density at radius 2 is 2.25 bits per heavy atom. The lowest BCUT2D eigenvalue weighted by Crippen LogP contribution is -2.30. The van der Waals surface area contributed by atoms with E-state index in [-0.39, 0.29) is 5.91 Å². The highest BCUT2D eigenvalue weighted by Crippen LogP contribution is 2.12. The molecule has 0 bridgehead atoms. The number of rotatable bonds is 8. The molecule has 2 N–H and O–H groups in total. The van der Waals surface area contributed by atoms with E-state index in [9.17, 15) is 4.79 Å². The molecule has 0 fully saturated rings. The van der Waals surface area contributed by atoms with Crippen LogP contribution in [0.25, 0.3) is 0 Å². The van der Waals surface area contributed by atoms with Crippen LogP contribution in [-0.4, -0.2) is 37.3 Å². The fourth-order valence-electron chi connectivity index (χ4n) is 1.85. The quantitative estimate of drug-likeness (QED) is 0.677. The van der Waals surface area contributed by atoms with Gasteiger partial charge < -0.3 is 19.9 Å². The van der Waals surface area contributed by atoms with Crippen molar-refractivity contribution >= 4 is 5.91 Å². The molecular formula is C14H22N4O2. The van der Waals surface area contributed by atoms with Crippen LogP contribution in [0.3, 0.4) is 0 Å². The molecule has 0 atom stereocenters.